The molecule has 0 radical (unpaired) electrons. The van der Waals surface area contributed by atoms with E-state index in [2.05, 4.69) is 0 Å². The van der Waals surface area contributed by atoms with Gasteiger partial charge in [0.15, 0.2) is 0 Å². The Labute approximate surface area is 148 Å². The van der Waals surface area contributed by atoms with E-state index in [-0.39, 0.29) is 17.9 Å². The third kappa shape index (κ3) is 6.52. The minimum Gasteiger partial charge on any atom is -0.507 e. The van der Waals surface area contributed by atoms with Gasteiger partial charge in [-0.1, -0.05) is 27.7 Å². The molecule has 0 spiro atoms. The van der Waals surface area contributed by atoms with E-state index in [9.17, 15) is 9.90 Å². The number of methoxy groups -OCH3 is 1. The molecule has 1 rings (SSSR count). The maximum absolute atomic E-state index is 12.4. The zero-order valence-corrected chi connectivity index (χ0v) is 17.4. The molecule has 0 bridgehead atoms. The molecule has 0 amide bonds. The van der Waals surface area contributed by atoms with Gasteiger partial charge in [-0.25, -0.2) is 4.79 Å². The Morgan fingerprint density at radius 3 is 1.79 bits per heavy atom. The number of rotatable bonds is 3. The lowest BCUT2D eigenvalue weighted by Crippen LogP contribution is -2.25. The van der Waals surface area contributed by atoms with Crippen LogP contribution in [0.15, 0.2) is 0 Å². The standard InChI is InChI=1S/C16H24O4.2C2H6/c1-9-10(2)12(8-19-7)13(14(17)11(9)3)15(18)20-16(4,5)6;2*1-2/h17H,8H2,1-7H3;2*1-2H3. The molecule has 0 aliphatic carbocycles. The first kappa shape index (κ1) is 24.7. The van der Waals surface area contributed by atoms with E-state index in [4.69, 9.17) is 9.47 Å². The lowest BCUT2D eigenvalue weighted by molar-refractivity contribution is 0.00627. The van der Waals surface area contributed by atoms with Crippen molar-refractivity contribution < 1.29 is 19.4 Å². The van der Waals surface area contributed by atoms with Crippen molar-refractivity contribution in [3.63, 3.8) is 0 Å². The van der Waals surface area contributed by atoms with E-state index in [0.29, 0.717) is 11.1 Å². The van der Waals surface area contributed by atoms with Crippen LogP contribution >= 0.6 is 0 Å². The molecular formula is C20H36O4. The normalized spacial score (nSPS) is 10.1. The van der Waals surface area contributed by atoms with E-state index in [1.54, 1.807) is 34.8 Å². The average Bonchev–Trinajstić information content (AvgIpc) is 2.53. The molecule has 0 aliphatic rings. The SMILES string of the molecule is CC.CC.COCc1c(C)c(C)c(C)c(O)c1C(=O)OC(C)(C)C. The molecule has 140 valence electrons. The van der Waals surface area contributed by atoms with Gasteiger partial charge in [0, 0.05) is 7.11 Å². The Morgan fingerprint density at radius 2 is 1.42 bits per heavy atom. The van der Waals surface area contributed by atoms with Crippen molar-refractivity contribution in [1.82, 2.24) is 0 Å². The summed E-state index contributed by atoms with van der Waals surface area (Å²) in [5, 5.41) is 10.3. The zero-order valence-electron chi connectivity index (χ0n) is 17.4. The second-order valence-corrected chi connectivity index (χ2v) is 6.01. The predicted molar refractivity (Wildman–Crippen MR) is 101 cm³/mol. The Hall–Kier alpha value is -1.55. The molecule has 4 nitrogen and oxygen atoms in total. The third-order valence-electron chi connectivity index (χ3n) is 3.36. The topological polar surface area (TPSA) is 55.8 Å². The number of hydrogen-bond donors (Lipinski definition) is 1. The molecule has 0 fully saturated rings. The highest BCUT2D eigenvalue weighted by Gasteiger charge is 2.26. The number of carbonyl (C=O) groups excluding carboxylic acids is 1. The van der Waals surface area contributed by atoms with Crippen molar-refractivity contribution >= 4 is 5.97 Å². The molecule has 0 aliphatic heterocycles. The lowest BCUT2D eigenvalue weighted by atomic mass is 9.92. The lowest BCUT2D eigenvalue weighted by Gasteiger charge is -2.23. The van der Waals surface area contributed by atoms with Crippen LogP contribution in [0, 0.1) is 20.8 Å². The minimum absolute atomic E-state index is 0.0191. The van der Waals surface area contributed by atoms with Gasteiger partial charge < -0.3 is 14.6 Å². The fraction of sp³-hybridized carbons (Fsp3) is 0.650. The molecule has 24 heavy (non-hydrogen) atoms. The van der Waals surface area contributed by atoms with Gasteiger partial charge in [0.1, 0.15) is 16.9 Å². The first-order valence-electron chi connectivity index (χ1n) is 8.64. The first-order valence-corrected chi connectivity index (χ1v) is 8.64. The average molecular weight is 341 g/mol. The third-order valence-corrected chi connectivity index (χ3v) is 3.36. The fourth-order valence-electron chi connectivity index (χ4n) is 2.08. The molecule has 1 aromatic carbocycles. The Kier molecular flexibility index (Phi) is 11.4. The largest absolute Gasteiger partial charge is 0.507 e. The highest BCUT2D eigenvalue weighted by Crippen LogP contribution is 2.34. The summed E-state index contributed by atoms with van der Waals surface area (Å²) in [5.74, 6) is -0.539. The van der Waals surface area contributed by atoms with Crippen molar-refractivity contribution in [2.24, 2.45) is 0 Å². The van der Waals surface area contributed by atoms with Crippen LogP contribution < -0.4 is 0 Å². The summed E-state index contributed by atoms with van der Waals surface area (Å²) in [5.41, 5.74) is 2.89. The van der Waals surface area contributed by atoms with Crippen LogP contribution in [0.3, 0.4) is 0 Å². The van der Waals surface area contributed by atoms with Crippen LogP contribution in [-0.4, -0.2) is 23.8 Å². The van der Waals surface area contributed by atoms with Gasteiger partial charge in [0.25, 0.3) is 0 Å². The van der Waals surface area contributed by atoms with Crippen molar-refractivity contribution in [2.45, 2.75) is 81.4 Å². The maximum Gasteiger partial charge on any atom is 0.342 e. The summed E-state index contributed by atoms with van der Waals surface area (Å²) in [6.07, 6.45) is 0. The molecule has 0 atom stereocenters. The molecule has 4 heteroatoms. The van der Waals surface area contributed by atoms with Gasteiger partial charge in [-0.15, -0.1) is 0 Å². The van der Waals surface area contributed by atoms with Gasteiger partial charge in [-0.2, -0.15) is 0 Å². The number of benzene rings is 1. The fourth-order valence-corrected chi connectivity index (χ4v) is 2.08. The smallest absolute Gasteiger partial charge is 0.342 e. The Morgan fingerprint density at radius 1 is 0.958 bits per heavy atom. The van der Waals surface area contributed by atoms with Gasteiger partial charge >= 0.3 is 5.97 Å². The van der Waals surface area contributed by atoms with E-state index in [1.807, 2.05) is 41.5 Å². The number of phenols is 1. The summed E-state index contributed by atoms with van der Waals surface area (Å²) < 4.78 is 10.5. The van der Waals surface area contributed by atoms with Gasteiger partial charge in [0.05, 0.1) is 6.61 Å². The summed E-state index contributed by atoms with van der Waals surface area (Å²) in [6, 6.07) is 0. The van der Waals surface area contributed by atoms with Crippen LogP contribution in [0.1, 0.15) is 81.1 Å². The molecule has 0 saturated carbocycles. The van der Waals surface area contributed by atoms with Crippen LogP contribution in [0.4, 0.5) is 0 Å². The summed E-state index contributed by atoms with van der Waals surface area (Å²) >= 11 is 0. The first-order chi connectivity index (χ1) is 11.1. The second-order valence-electron chi connectivity index (χ2n) is 6.01. The van der Waals surface area contributed by atoms with Crippen molar-refractivity contribution in [3.8, 4) is 5.75 Å². The van der Waals surface area contributed by atoms with Crippen LogP contribution in [0.5, 0.6) is 5.75 Å². The predicted octanol–water partition coefficient (Wildman–Crippen LogP) is 5.47. The maximum atomic E-state index is 12.4. The van der Waals surface area contributed by atoms with Crippen LogP contribution in [0.2, 0.25) is 0 Å². The van der Waals surface area contributed by atoms with Crippen LogP contribution in [0.25, 0.3) is 0 Å². The molecule has 0 saturated heterocycles. The van der Waals surface area contributed by atoms with E-state index < -0.39 is 11.6 Å². The van der Waals surface area contributed by atoms with Gasteiger partial charge in [-0.3, -0.25) is 0 Å². The monoisotopic (exact) mass is 340 g/mol. The number of aromatic hydroxyl groups is 1. The summed E-state index contributed by atoms with van der Waals surface area (Å²) in [7, 11) is 1.56. The van der Waals surface area contributed by atoms with Gasteiger partial charge in [0.2, 0.25) is 0 Å². The molecule has 0 aromatic heterocycles. The quantitative estimate of drug-likeness (QED) is 0.741. The summed E-state index contributed by atoms with van der Waals surface area (Å²) in [4.78, 5) is 12.4. The molecule has 1 aromatic rings. The van der Waals surface area contributed by atoms with Crippen molar-refractivity contribution in [1.29, 1.82) is 0 Å². The minimum atomic E-state index is -0.611. The number of ether oxygens (including phenoxy) is 2. The highest BCUT2D eigenvalue weighted by atomic mass is 16.6. The van der Waals surface area contributed by atoms with Crippen molar-refractivity contribution in [2.75, 3.05) is 7.11 Å². The number of hydrogen-bond acceptors (Lipinski definition) is 4. The highest BCUT2D eigenvalue weighted by molar-refractivity contribution is 5.95. The van der Waals surface area contributed by atoms with Crippen molar-refractivity contribution in [3.05, 3.63) is 27.8 Å². The second kappa shape index (κ2) is 11.1. The number of esters is 1. The van der Waals surface area contributed by atoms with E-state index >= 15 is 0 Å². The number of carbonyl (C=O) groups is 1. The number of phenolic OH excluding ortho intramolecular Hbond substituents is 1. The Bertz CT molecular complexity index is 526. The molecular weight excluding hydrogens is 304 g/mol. The van der Waals surface area contributed by atoms with E-state index in [1.165, 1.54) is 0 Å². The Balaban J connectivity index is 0. The molecule has 0 heterocycles. The molecule has 1 N–H and O–H groups in total. The van der Waals surface area contributed by atoms with Gasteiger partial charge in [-0.05, 0) is 63.8 Å². The molecule has 0 unspecified atom stereocenters. The van der Waals surface area contributed by atoms with Crippen LogP contribution in [-0.2, 0) is 16.1 Å². The van der Waals surface area contributed by atoms with E-state index in [0.717, 1.165) is 11.1 Å². The zero-order chi connectivity index (χ0) is 19.7. The summed E-state index contributed by atoms with van der Waals surface area (Å²) in [6.45, 7) is 19.3.